The summed E-state index contributed by atoms with van der Waals surface area (Å²) in [5, 5.41) is 7.64. The molecule has 5 nitrogen and oxygen atoms in total. The van der Waals surface area contributed by atoms with Crippen LogP contribution in [0.2, 0.25) is 0 Å². The molecule has 0 amide bonds. The smallest absolute Gasteiger partial charge is 0.244 e. The minimum atomic E-state index is 0.664. The molecule has 10 heavy (non-hydrogen) atoms. The second-order valence-electron chi connectivity index (χ2n) is 2.16. The quantitative estimate of drug-likeness (QED) is 0.366. The summed E-state index contributed by atoms with van der Waals surface area (Å²) in [7, 11) is 3.67. The van der Waals surface area contributed by atoms with Crippen LogP contribution in [0.1, 0.15) is 5.82 Å². The zero-order valence-electron chi connectivity index (χ0n) is 6.37. The molecule has 0 bridgehead atoms. The lowest BCUT2D eigenvalue weighted by Crippen LogP contribution is -2.24. The minimum Gasteiger partial charge on any atom is -0.320 e. The Bertz CT molecular complexity index is 291. The van der Waals surface area contributed by atoms with Crippen LogP contribution in [0.25, 0.3) is 0 Å². The maximum atomic E-state index is 5.11. The first kappa shape index (κ1) is 6.85. The van der Waals surface area contributed by atoms with E-state index < -0.39 is 0 Å². The van der Waals surface area contributed by atoms with E-state index in [0.29, 0.717) is 5.62 Å². The van der Waals surface area contributed by atoms with Crippen molar-refractivity contribution in [2.75, 3.05) is 0 Å². The van der Waals surface area contributed by atoms with Crippen LogP contribution in [0.5, 0.6) is 0 Å². The summed E-state index contributed by atoms with van der Waals surface area (Å²) in [6, 6.07) is 0. The Morgan fingerprint density at radius 2 is 2.10 bits per heavy atom. The molecule has 0 aliphatic rings. The Hall–Kier alpha value is -1.26. The number of aryl methyl sites for hydroxylation is 2. The summed E-state index contributed by atoms with van der Waals surface area (Å²) in [5.41, 5.74) is 0.664. The third kappa shape index (κ3) is 0.792. The molecule has 2 N–H and O–H groups in total. The minimum absolute atomic E-state index is 0.664. The molecule has 0 fully saturated rings. The van der Waals surface area contributed by atoms with E-state index in [0.717, 1.165) is 5.82 Å². The van der Waals surface area contributed by atoms with Gasteiger partial charge in [0, 0.05) is 14.1 Å². The van der Waals surface area contributed by atoms with Gasteiger partial charge >= 0.3 is 0 Å². The van der Waals surface area contributed by atoms with Gasteiger partial charge in [0.2, 0.25) is 5.62 Å². The van der Waals surface area contributed by atoms with Crippen molar-refractivity contribution in [1.82, 2.24) is 14.3 Å². The molecule has 0 aromatic carbocycles. The summed E-state index contributed by atoms with van der Waals surface area (Å²) in [6.07, 6.45) is 0. The standard InChI is InChI=1S/C5H11N5/c1-4-8-10(3)5(7-6)9(4)2/h6H2,1-3H3/b7-5-. The number of rotatable bonds is 0. The Labute approximate surface area is 58.8 Å². The maximum Gasteiger partial charge on any atom is 0.244 e. The van der Waals surface area contributed by atoms with Gasteiger partial charge in [-0.2, -0.15) is 5.10 Å². The molecule has 0 radical (unpaired) electrons. The SMILES string of the molecule is Cc1nn(C)/c(=N\N)n1C. The number of nitrogens with two attached hydrogens (primary N) is 1. The summed E-state index contributed by atoms with van der Waals surface area (Å²) >= 11 is 0. The largest absolute Gasteiger partial charge is 0.320 e. The first-order chi connectivity index (χ1) is 4.66. The molecule has 1 aromatic rings. The van der Waals surface area contributed by atoms with Gasteiger partial charge in [-0.15, -0.1) is 5.10 Å². The van der Waals surface area contributed by atoms with Gasteiger partial charge in [-0.05, 0) is 6.92 Å². The van der Waals surface area contributed by atoms with Crippen LogP contribution in [0.3, 0.4) is 0 Å². The summed E-state index contributed by atoms with van der Waals surface area (Å²) in [4.78, 5) is 0. The van der Waals surface area contributed by atoms with Crippen molar-refractivity contribution < 1.29 is 0 Å². The van der Waals surface area contributed by atoms with Gasteiger partial charge in [0.25, 0.3) is 0 Å². The highest BCUT2D eigenvalue weighted by atomic mass is 15.4. The number of hydrogen-bond acceptors (Lipinski definition) is 3. The van der Waals surface area contributed by atoms with Crippen LogP contribution < -0.4 is 11.5 Å². The molecule has 0 atom stereocenters. The number of hydrogen-bond donors (Lipinski definition) is 1. The van der Waals surface area contributed by atoms with Gasteiger partial charge in [-0.25, -0.2) is 4.68 Å². The van der Waals surface area contributed by atoms with Crippen LogP contribution in [0, 0.1) is 6.92 Å². The summed E-state index contributed by atoms with van der Waals surface area (Å²) in [6.45, 7) is 1.90. The van der Waals surface area contributed by atoms with E-state index in [1.54, 1.807) is 11.7 Å². The van der Waals surface area contributed by atoms with Gasteiger partial charge < -0.3 is 5.84 Å². The zero-order valence-corrected chi connectivity index (χ0v) is 6.37. The lowest BCUT2D eigenvalue weighted by molar-refractivity contribution is 0.679. The van der Waals surface area contributed by atoms with E-state index in [2.05, 4.69) is 10.2 Å². The molecule has 0 aliphatic carbocycles. The number of nitrogens with zero attached hydrogens (tertiary/aromatic N) is 4. The van der Waals surface area contributed by atoms with E-state index in [9.17, 15) is 0 Å². The summed E-state index contributed by atoms with van der Waals surface area (Å²) < 4.78 is 3.45. The molecule has 0 saturated carbocycles. The fraction of sp³-hybridized carbons (Fsp3) is 0.600. The van der Waals surface area contributed by atoms with E-state index >= 15 is 0 Å². The molecular formula is C5H11N5. The van der Waals surface area contributed by atoms with Crippen LogP contribution in [0.4, 0.5) is 0 Å². The Kier molecular flexibility index (Phi) is 1.48. The van der Waals surface area contributed by atoms with Gasteiger partial charge in [-0.3, -0.25) is 4.57 Å². The zero-order chi connectivity index (χ0) is 7.72. The van der Waals surface area contributed by atoms with Crippen LogP contribution in [-0.4, -0.2) is 14.3 Å². The molecule has 0 unspecified atom stereocenters. The lowest BCUT2D eigenvalue weighted by Gasteiger charge is -1.89. The monoisotopic (exact) mass is 141 g/mol. The van der Waals surface area contributed by atoms with Crippen molar-refractivity contribution in [2.24, 2.45) is 25.0 Å². The van der Waals surface area contributed by atoms with Crippen molar-refractivity contribution in [2.45, 2.75) is 6.92 Å². The van der Waals surface area contributed by atoms with Gasteiger partial charge in [0.1, 0.15) is 5.82 Å². The van der Waals surface area contributed by atoms with Gasteiger partial charge in [0.15, 0.2) is 0 Å². The fourth-order valence-corrected chi connectivity index (χ4v) is 0.861. The normalized spacial score (nSPS) is 12.5. The van der Waals surface area contributed by atoms with Gasteiger partial charge in [0.05, 0.1) is 0 Å². The molecule has 0 spiro atoms. The molecule has 1 heterocycles. The van der Waals surface area contributed by atoms with E-state index in [1.165, 1.54) is 0 Å². The first-order valence-electron chi connectivity index (χ1n) is 2.97. The molecule has 5 heteroatoms. The van der Waals surface area contributed by atoms with Crippen molar-refractivity contribution >= 4 is 0 Å². The highest BCUT2D eigenvalue weighted by Gasteiger charge is 1.97. The molecule has 0 aliphatic heterocycles. The summed E-state index contributed by atoms with van der Waals surface area (Å²) in [5.74, 6) is 6.00. The highest BCUT2D eigenvalue weighted by molar-refractivity contribution is 4.79. The first-order valence-corrected chi connectivity index (χ1v) is 2.97. The predicted molar refractivity (Wildman–Crippen MR) is 36.7 cm³/mol. The van der Waals surface area contributed by atoms with Crippen LogP contribution in [0.15, 0.2) is 5.10 Å². The van der Waals surface area contributed by atoms with Crippen molar-refractivity contribution in [3.8, 4) is 0 Å². The topological polar surface area (TPSA) is 61.1 Å². The van der Waals surface area contributed by atoms with Gasteiger partial charge in [-0.1, -0.05) is 0 Å². The molecule has 1 rings (SSSR count). The van der Waals surface area contributed by atoms with E-state index in [1.807, 2.05) is 18.5 Å². The average molecular weight is 141 g/mol. The second kappa shape index (κ2) is 2.17. The molecular weight excluding hydrogens is 130 g/mol. The second-order valence-corrected chi connectivity index (χ2v) is 2.16. The highest BCUT2D eigenvalue weighted by Crippen LogP contribution is 1.81. The van der Waals surface area contributed by atoms with E-state index in [4.69, 9.17) is 5.84 Å². The maximum absolute atomic E-state index is 5.11. The molecule has 56 valence electrons. The molecule has 1 aromatic heterocycles. The average Bonchev–Trinajstić information content (AvgIpc) is 2.09. The van der Waals surface area contributed by atoms with Crippen LogP contribution >= 0.6 is 0 Å². The third-order valence-electron chi connectivity index (χ3n) is 1.49. The van der Waals surface area contributed by atoms with Crippen molar-refractivity contribution in [3.05, 3.63) is 11.4 Å². The Morgan fingerprint density at radius 1 is 1.50 bits per heavy atom. The van der Waals surface area contributed by atoms with Crippen molar-refractivity contribution in [3.63, 3.8) is 0 Å². The number of aromatic nitrogens is 3. The lowest BCUT2D eigenvalue weighted by atomic mass is 10.7. The van der Waals surface area contributed by atoms with Crippen molar-refractivity contribution in [1.29, 1.82) is 0 Å². The Balaban J connectivity index is 3.50. The Morgan fingerprint density at radius 3 is 2.30 bits per heavy atom. The fourth-order valence-electron chi connectivity index (χ4n) is 0.861. The predicted octanol–water partition coefficient (Wildman–Crippen LogP) is -1.16. The van der Waals surface area contributed by atoms with E-state index in [-0.39, 0.29) is 0 Å². The third-order valence-corrected chi connectivity index (χ3v) is 1.49. The molecule has 0 saturated heterocycles. The van der Waals surface area contributed by atoms with Crippen LogP contribution in [-0.2, 0) is 14.1 Å².